The lowest BCUT2D eigenvalue weighted by Gasteiger charge is -2.31. The van der Waals surface area contributed by atoms with E-state index in [1.165, 1.54) is 11.1 Å². The largest absolute Gasteiger partial charge is 0.455 e. The first-order valence-electron chi connectivity index (χ1n) is 7.98. The quantitative estimate of drug-likeness (QED) is 0.785. The highest BCUT2D eigenvalue weighted by atomic mass is 35.5. The molecule has 0 saturated heterocycles. The van der Waals surface area contributed by atoms with Crippen LogP contribution in [-0.2, 0) is 0 Å². The summed E-state index contributed by atoms with van der Waals surface area (Å²) < 4.78 is 6.08. The van der Waals surface area contributed by atoms with Crippen LogP contribution in [-0.4, -0.2) is 11.7 Å². The van der Waals surface area contributed by atoms with Crippen LogP contribution in [0.4, 0.5) is 0 Å². The van der Waals surface area contributed by atoms with E-state index < -0.39 is 0 Å². The third kappa shape index (κ3) is 3.15. The van der Waals surface area contributed by atoms with Gasteiger partial charge in [0.1, 0.15) is 5.75 Å². The molecule has 2 aromatic rings. The third-order valence-corrected chi connectivity index (χ3v) is 5.00. The van der Waals surface area contributed by atoms with Crippen LogP contribution in [0.2, 0.25) is 5.02 Å². The molecule has 0 radical (unpaired) electrons. The van der Waals surface area contributed by atoms with Gasteiger partial charge in [0, 0.05) is 12.2 Å². The Balaban J connectivity index is 2.09. The molecule has 2 nitrogen and oxygen atoms in total. The molecule has 120 valence electrons. The fourth-order valence-electron chi connectivity index (χ4n) is 3.18. The van der Waals surface area contributed by atoms with Crippen molar-refractivity contribution in [3.8, 4) is 11.5 Å². The van der Waals surface area contributed by atoms with E-state index in [1.807, 2.05) is 36.4 Å². The van der Waals surface area contributed by atoms with Gasteiger partial charge in [-0.15, -0.1) is 0 Å². The lowest BCUT2D eigenvalue weighted by molar-refractivity contribution is 0.293. The molecular weight excluding hydrogens is 308 g/mol. The van der Waals surface area contributed by atoms with E-state index >= 15 is 0 Å². The first-order valence-corrected chi connectivity index (χ1v) is 8.36. The normalized spacial score (nSPS) is 19.9. The predicted octanol–water partition coefficient (Wildman–Crippen LogP) is 5.65. The maximum atomic E-state index is 9.33. The van der Waals surface area contributed by atoms with Crippen LogP contribution in [0.25, 0.3) is 6.08 Å². The molecule has 23 heavy (non-hydrogen) atoms. The van der Waals surface area contributed by atoms with Gasteiger partial charge < -0.3 is 9.84 Å². The Morgan fingerprint density at radius 1 is 1.04 bits per heavy atom. The minimum Gasteiger partial charge on any atom is -0.455 e. The summed E-state index contributed by atoms with van der Waals surface area (Å²) in [6, 6.07) is 13.7. The molecule has 2 atom stereocenters. The molecular formula is C20H21ClO2. The summed E-state index contributed by atoms with van der Waals surface area (Å²) in [4.78, 5) is 0. The number of fused-ring (bicyclic) bond motifs is 1. The van der Waals surface area contributed by atoms with Crippen molar-refractivity contribution in [1.29, 1.82) is 0 Å². The summed E-state index contributed by atoms with van der Waals surface area (Å²) >= 11 is 6.42. The highest BCUT2D eigenvalue weighted by Gasteiger charge is 2.27. The zero-order chi connectivity index (χ0) is 16.4. The molecule has 0 saturated carbocycles. The Kier molecular flexibility index (Phi) is 4.74. The molecule has 0 aromatic heterocycles. The topological polar surface area (TPSA) is 29.5 Å². The minimum absolute atomic E-state index is 0.160. The van der Waals surface area contributed by atoms with Gasteiger partial charge in [-0.25, -0.2) is 0 Å². The Hall–Kier alpha value is -1.77. The van der Waals surface area contributed by atoms with Crippen LogP contribution in [0.5, 0.6) is 11.5 Å². The van der Waals surface area contributed by atoms with Crippen LogP contribution in [0, 0.1) is 5.92 Å². The van der Waals surface area contributed by atoms with Gasteiger partial charge in [-0.1, -0.05) is 61.4 Å². The number of aliphatic hydroxyl groups excluding tert-OH is 1. The maximum absolute atomic E-state index is 9.33. The van der Waals surface area contributed by atoms with Crippen molar-refractivity contribution in [2.24, 2.45) is 5.92 Å². The zero-order valence-corrected chi connectivity index (χ0v) is 14.2. The number of para-hydroxylation sites is 1. The zero-order valence-electron chi connectivity index (χ0n) is 13.4. The molecule has 1 aliphatic carbocycles. The van der Waals surface area contributed by atoms with E-state index in [0.717, 1.165) is 11.3 Å². The molecule has 1 N–H and O–H groups in total. The van der Waals surface area contributed by atoms with Gasteiger partial charge in [-0.2, -0.15) is 0 Å². The molecule has 1 aliphatic rings. The fraction of sp³-hybridized carbons (Fsp3) is 0.300. The smallest absolute Gasteiger partial charge is 0.153 e. The van der Waals surface area contributed by atoms with Crippen LogP contribution in [0.1, 0.15) is 37.3 Å². The fourth-order valence-corrected chi connectivity index (χ4v) is 3.38. The molecule has 0 heterocycles. The van der Waals surface area contributed by atoms with Gasteiger partial charge in [0.05, 0.1) is 5.02 Å². The number of aliphatic hydroxyl groups is 1. The van der Waals surface area contributed by atoms with Crippen molar-refractivity contribution in [3.05, 3.63) is 64.2 Å². The van der Waals surface area contributed by atoms with Crippen LogP contribution < -0.4 is 4.74 Å². The summed E-state index contributed by atoms with van der Waals surface area (Å²) in [5.41, 5.74) is 3.53. The van der Waals surface area contributed by atoms with Crippen molar-refractivity contribution < 1.29 is 9.84 Å². The molecule has 0 amide bonds. The van der Waals surface area contributed by atoms with Crippen molar-refractivity contribution in [2.75, 3.05) is 6.61 Å². The highest BCUT2D eigenvalue weighted by Crippen LogP contribution is 2.45. The first-order chi connectivity index (χ1) is 11.1. The Morgan fingerprint density at radius 2 is 1.78 bits per heavy atom. The molecule has 3 rings (SSSR count). The number of ether oxygens (including phenoxy) is 1. The Bertz CT molecular complexity index is 722. The van der Waals surface area contributed by atoms with E-state index in [1.54, 1.807) is 0 Å². The van der Waals surface area contributed by atoms with Crippen LogP contribution >= 0.6 is 11.6 Å². The molecule has 2 unspecified atom stereocenters. The molecule has 0 aliphatic heterocycles. The maximum Gasteiger partial charge on any atom is 0.153 e. The number of hydrogen-bond acceptors (Lipinski definition) is 2. The second-order valence-electron chi connectivity index (χ2n) is 6.06. The van der Waals surface area contributed by atoms with Gasteiger partial charge in [-0.05, 0) is 42.0 Å². The van der Waals surface area contributed by atoms with E-state index in [-0.39, 0.29) is 6.61 Å². The number of hydrogen-bond donors (Lipinski definition) is 1. The van der Waals surface area contributed by atoms with Crippen LogP contribution in [0.3, 0.4) is 0 Å². The van der Waals surface area contributed by atoms with E-state index in [2.05, 4.69) is 26.0 Å². The second kappa shape index (κ2) is 6.77. The monoisotopic (exact) mass is 328 g/mol. The number of rotatable bonds is 4. The lowest BCUT2D eigenvalue weighted by Crippen LogP contribution is -2.16. The van der Waals surface area contributed by atoms with Crippen molar-refractivity contribution in [3.63, 3.8) is 0 Å². The third-order valence-electron chi connectivity index (χ3n) is 4.70. The SMILES string of the molecule is CC1C(CCO)=Cc2c(ccc(Cl)c2Oc2ccccc2)C1C. The average Bonchev–Trinajstić information content (AvgIpc) is 2.56. The van der Waals surface area contributed by atoms with Crippen molar-refractivity contribution >= 4 is 17.7 Å². The number of benzene rings is 2. The van der Waals surface area contributed by atoms with Crippen LogP contribution in [0.15, 0.2) is 48.0 Å². The first kappa shape index (κ1) is 16.1. The van der Waals surface area contributed by atoms with E-state index in [4.69, 9.17) is 16.3 Å². The molecule has 0 spiro atoms. The molecule has 3 heteroatoms. The highest BCUT2D eigenvalue weighted by molar-refractivity contribution is 6.32. The van der Waals surface area contributed by atoms with Gasteiger partial charge in [0.15, 0.2) is 5.75 Å². The minimum atomic E-state index is 0.160. The summed E-state index contributed by atoms with van der Waals surface area (Å²) in [5, 5.41) is 9.94. The molecule has 0 bridgehead atoms. The standard InChI is InChI=1S/C20H21ClO2/c1-13-14(2)17-8-9-19(21)20(18(17)12-15(13)10-11-22)23-16-6-4-3-5-7-16/h3-9,12-14,22H,10-11H2,1-2H3. The Morgan fingerprint density at radius 3 is 2.48 bits per heavy atom. The second-order valence-corrected chi connectivity index (χ2v) is 6.47. The van der Waals surface area contributed by atoms with E-state index in [9.17, 15) is 5.11 Å². The van der Waals surface area contributed by atoms with E-state index in [0.29, 0.717) is 29.0 Å². The summed E-state index contributed by atoms with van der Waals surface area (Å²) in [6.45, 7) is 4.59. The average molecular weight is 329 g/mol. The predicted molar refractivity (Wildman–Crippen MR) is 95.2 cm³/mol. The van der Waals surface area contributed by atoms with Crippen molar-refractivity contribution in [2.45, 2.75) is 26.2 Å². The summed E-state index contributed by atoms with van der Waals surface area (Å²) in [6.07, 6.45) is 2.82. The summed E-state index contributed by atoms with van der Waals surface area (Å²) in [5.74, 6) is 2.24. The van der Waals surface area contributed by atoms with Gasteiger partial charge in [-0.3, -0.25) is 0 Å². The van der Waals surface area contributed by atoms with Gasteiger partial charge in [0.25, 0.3) is 0 Å². The Labute approximate surface area is 142 Å². The number of halogens is 1. The lowest BCUT2D eigenvalue weighted by atomic mass is 9.75. The molecule has 0 fully saturated rings. The van der Waals surface area contributed by atoms with Gasteiger partial charge >= 0.3 is 0 Å². The van der Waals surface area contributed by atoms with Crippen molar-refractivity contribution in [1.82, 2.24) is 0 Å². The summed E-state index contributed by atoms with van der Waals surface area (Å²) in [7, 11) is 0. The van der Waals surface area contributed by atoms with Gasteiger partial charge in [0.2, 0.25) is 0 Å². The molecule has 2 aromatic carbocycles.